The Labute approximate surface area is 123 Å². The van der Waals surface area contributed by atoms with Crippen molar-refractivity contribution in [3.63, 3.8) is 0 Å². The summed E-state index contributed by atoms with van der Waals surface area (Å²) < 4.78 is 23.8. The van der Waals surface area contributed by atoms with Gasteiger partial charge in [0.15, 0.2) is 5.69 Å². The molecule has 1 amide bonds. The monoisotopic (exact) mass is 312 g/mol. The van der Waals surface area contributed by atoms with Crippen LogP contribution < -0.4 is 5.14 Å². The highest BCUT2D eigenvalue weighted by Crippen LogP contribution is 2.42. The topological polar surface area (TPSA) is 109 Å². The molecule has 2 heterocycles. The molecule has 2 fully saturated rings. The van der Waals surface area contributed by atoms with E-state index in [1.165, 1.54) is 0 Å². The normalized spacial score (nSPS) is 23.3. The van der Waals surface area contributed by atoms with E-state index in [0.717, 1.165) is 32.1 Å². The summed E-state index contributed by atoms with van der Waals surface area (Å²) in [5, 5.41) is 12.0. The Hall–Kier alpha value is -1.41. The number of piperidine rings is 1. The van der Waals surface area contributed by atoms with Gasteiger partial charge in [-0.05, 0) is 39.0 Å². The summed E-state index contributed by atoms with van der Waals surface area (Å²) >= 11 is 0. The Morgan fingerprint density at radius 1 is 1.33 bits per heavy atom. The molecular formula is C13H20N4O3S. The van der Waals surface area contributed by atoms with E-state index in [9.17, 15) is 13.2 Å². The quantitative estimate of drug-likeness (QED) is 0.865. The van der Waals surface area contributed by atoms with Gasteiger partial charge in [0.1, 0.15) is 4.90 Å². The van der Waals surface area contributed by atoms with E-state index in [4.69, 9.17) is 5.14 Å². The molecular weight excluding hydrogens is 292 g/mol. The number of hydrogen-bond donors (Lipinski definition) is 2. The zero-order valence-corrected chi connectivity index (χ0v) is 12.8. The molecule has 3 rings (SSSR count). The van der Waals surface area contributed by atoms with Gasteiger partial charge in [-0.15, -0.1) is 0 Å². The molecule has 21 heavy (non-hydrogen) atoms. The molecule has 1 atom stereocenters. The second-order valence-electron chi connectivity index (χ2n) is 5.98. The van der Waals surface area contributed by atoms with Crippen LogP contribution in [0.3, 0.4) is 0 Å². The van der Waals surface area contributed by atoms with Crippen molar-refractivity contribution >= 4 is 15.9 Å². The molecule has 0 bridgehead atoms. The molecule has 0 spiro atoms. The lowest BCUT2D eigenvalue weighted by molar-refractivity contribution is 0.0625. The molecule has 1 saturated heterocycles. The number of primary sulfonamides is 1. The van der Waals surface area contributed by atoms with Gasteiger partial charge in [0.05, 0.1) is 5.69 Å². The number of amides is 1. The summed E-state index contributed by atoms with van der Waals surface area (Å²) in [5.41, 5.74) is 0.443. The minimum atomic E-state index is -3.97. The Bertz CT molecular complexity index is 663. The second-order valence-corrected chi connectivity index (χ2v) is 7.48. The SMILES string of the molecule is CC1CCCCN1C(=O)c1n[nH]c(C2CC2)c1S(N)(=O)=O. The molecule has 1 aliphatic heterocycles. The van der Waals surface area contributed by atoms with Crippen LogP contribution in [-0.2, 0) is 10.0 Å². The van der Waals surface area contributed by atoms with Crippen molar-refractivity contribution in [2.24, 2.45) is 5.14 Å². The van der Waals surface area contributed by atoms with E-state index in [1.54, 1.807) is 4.90 Å². The third kappa shape index (κ3) is 2.69. The maximum Gasteiger partial charge on any atom is 0.276 e. The second kappa shape index (κ2) is 5.10. The number of carbonyl (C=O) groups is 1. The molecule has 1 aromatic rings. The highest BCUT2D eigenvalue weighted by Gasteiger charge is 2.37. The van der Waals surface area contributed by atoms with Crippen molar-refractivity contribution in [2.75, 3.05) is 6.54 Å². The molecule has 1 unspecified atom stereocenters. The van der Waals surface area contributed by atoms with Crippen LogP contribution in [0.1, 0.15) is 61.1 Å². The van der Waals surface area contributed by atoms with E-state index < -0.39 is 10.0 Å². The van der Waals surface area contributed by atoms with Gasteiger partial charge in [0, 0.05) is 18.5 Å². The molecule has 116 valence electrons. The molecule has 3 N–H and O–H groups in total. The number of aromatic amines is 1. The van der Waals surface area contributed by atoms with Gasteiger partial charge >= 0.3 is 0 Å². The Balaban J connectivity index is 2.00. The molecule has 1 aromatic heterocycles. The van der Waals surface area contributed by atoms with Crippen molar-refractivity contribution in [1.29, 1.82) is 0 Å². The van der Waals surface area contributed by atoms with Crippen molar-refractivity contribution in [2.45, 2.75) is 55.9 Å². The zero-order chi connectivity index (χ0) is 15.2. The lowest BCUT2D eigenvalue weighted by atomic mass is 10.0. The van der Waals surface area contributed by atoms with Crippen LogP contribution in [0.5, 0.6) is 0 Å². The Morgan fingerprint density at radius 2 is 2.05 bits per heavy atom. The molecule has 1 saturated carbocycles. The first-order chi connectivity index (χ1) is 9.89. The van der Waals surface area contributed by atoms with Crippen molar-refractivity contribution in [3.05, 3.63) is 11.4 Å². The lowest BCUT2D eigenvalue weighted by Crippen LogP contribution is -2.42. The van der Waals surface area contributed by atoms with Crippen LogP contribution in [0.25, 0.3) is 0 Å². The summed E-state index contributed by atoms with van der Waals surface area (Å²) in [6, 6.07) is 0.0978. The van der Waals surface area contributed by atoms with Gasteiger partial charge in [-0.1, -0.05) is 0 Å². The summed E-state index contributed by atoms with van der Waals surface area (Å²) in [7, 11) is -3.97. The number of carbonyl (C=O) groups excluding carboxylic acids is 1. The number of nitrogens with zero attached hydrogens (tertiary/aromatic N) is 2. The molecule has 1 aliphatic carbocycles. The molecule has 2 aliphatic rings. The first kappa shape index (κ1) is 14.5. The Morgan fingerprint density at radius 3 is 2.62 bits per heavy atom. The summed E-state index contributed by atoms with van der Waals surface area (Å²) in [6.07, 6.45) is 4.74. The number of H-pyrrole nitrogens is 1. The third-order valence-corrected chi connectivity index (χ3v) is 5.27. The number of sulfonamides is 1. The van der Waals surface area contributed by atoms with Gasteiger partial charge in [-0.25, -0.2) is 13.6 Å². The fourth-order valence-electron chi connectivity index (χ4n) is 2.96. The zero-order valence-electron chi connectivity index (χ0n) is 12.0. The number of nitrogens with two attached hydrogens (primary N) is 1. The minimum absolute atomic E-state index is 0.0480. The van der Waals surface area contributed by atoms with Crippen LogP contribution in [0.2, 0.25) is 0 Å². The van der Waals surface area contributed by atoms with Crippen molar-refractivity contribution < 1.29 is 13.2 Å². The van der Waals surface area contributed by atoms with E-state index in [1.807, 2.05) is 6.92 Å². The highest BCUT2D eigenvalue weighted by molar-refractivity contribution is 7.89. The summed E-state index contributed by atoms with van der Waals surface area (Å²) in [4.78, 5) is 14.3. The average Bonchev–Trinajstić information content (AvgIpc) is 3.15. The Kier molecular flexibility index (Phi) is 3.53. The fraction of sp³-hybridized carbons (Fsp3) is 0.692. The number of rotatable bonds is 3. The lowest BCUT2D eigenvalue weighted by Gasteiger charge is -2.33. The minimum Gasteiger partial charge on any atom is -0.335 e. The number of aromatic nitrogens is 2. The number of hydrogen-bond acceptors (Lipinski definition) is 4. The first-order valence-corrected chi connectivity index (χ1v) is 8.86. The molecule has 0 aromatic carbocycles. The van der Waals surface area contributed by atoms with E-state index in [0.29, 0.717) is 12.2 Å². The van der Waals surface area contributed by atoms with Crippen LogP contribution >= 0.6 is 0 Å². The highest BCUT2D eigenvalue weighted by atomic mass is 32.2. The maximum absolute atomic E-state index is 12.7. The van der Waals surface area contributed by atoms with Crippen LogP contribution in [-0.4, -0.2) is 42.0 Å². The predicted molar refractivity (Wildman–Crippen MR) is 76.3 cm³/mol. The molecule has 0 radical (unpaired) electrons. The van der Waals surface area contributed by atoms with Gasteiger partial charge in [0.25, 0.3) is 5.91 Å². The standard InChI is InChI=1S/C13H20N4O3S/c1-8-4-2-3-7-17(8)13(18)11-12(21(14,19)20)10(15-16-11)9-5-6-9/h8-9H,2-7H2,1H3,(H,15,16)(H2,14,19,20). The van der Waals surface area contributed by atoms with Gasteiger partial charge in [-0.2, -0.15) is 5.10 Å². The van der Waals surface area contributed by atoms with Crippen LogP contribution in [0, 0.1) is 0 Å². The summed E-state index contributed by atoms with van der Waals surface area (Å²) in [6.45, 7) is 2.61. The number of likely N-dealkylation sites (tertiary alicyclic amines) is 1. The largest absolute Gasteiger partial charge is 0.335 e. The van der Waals surface area contributed by atoms with Crippen molar-refractivity contribution in [3.8, 4) is 0 Å². The smallest absolute Gasteiger partial charge is 0.276 e. The van der Waals surface area contributed by atoms with Crippen LogP contribution in [0.4, 0.5) is 0 Å². The summed E-state index contributed by atoms with van der Waals surface area (Å²) in [5.74, 6) is -0.208. The van der Waals surface area contributed by atoms with E-state index in [2.05, 4.69) is 10.2 Å². The fourth-order valence-corrected chi connectivity index (χ4v) is 3.88. The first-order valence-electron chi connectivity index (χ1n) is 7.31. The van der Waals surface area contributed by atoms with Crippen LogP contribution in [0.15, 0.2) is 4.90 Å². The van der Waals surface area contributed by atoms with Crippen molar-refractivity contribution in [1.82, 2.24) is 15.1 Å². The number of nitrogens with one attached hydrogen (secondary N) is 1. The molecule has 8 heteroatoms. The van der Waals surface area contributed by atoms with Gasteiger partial charge in [-0.3, -0.25) is 9.89 Å². The molecule has 7 nitrogen and oxygen atoms in total. The average molecular weight is 312 g/mol. The predicted octanol–water partition coefficient (Wildman–Crippen LogP) is 0.949. The van der Waals surface area contributed by atoms with Gasteiger partial charge < -0.3 is 4.90 Å². The maximum atomic E-state index is 12.7. The van der Waals surface area contributed by atoms with E-state index in [-0.39, 0.29) is 28.5 Å². The van der Waals surface area contributed by atoms with E-state index >= 15 is 0 Å². The van der Waals surface area contributed by atoms with Gasteiger partial charge in [0.2, 0.25) is 10.0 Å². The third-order valence-electron chi connectivity index (χ3n) is 4.28.